The summed E-state index contributed by atoms with van der Waals surface area (Å²) in [5, 5.41) is 19.9. The van der Waals surface area contributed by atoms with Crippen LogP contribution in [0.3, 0.4) is 0 Å². The third-order valence-electron chi connectivity index (χ3n) is 3.56. The number of methoxy groups -OCH3 is 1. The van der Waals surface area contributed by atoms with Crippen LogP contribution in [0.1, 0.15) is 18.9 Å². The fourth-order valence-electron chi connectivity index (χ4n) is 2.19. The average molecular weight is 387 g/mol. The van der Waals surface area contributed by atoms with Crippen molar-refractivity contribution >= 4 is 17.7 Å². The molecule has 0 aliphatic rings. The fraction of sp³-hybridized carbons (Fsp3) is 0.222. The Bertz CT molecular complexity index is 913. The van der Waals surface area contributed by atoms with Crippen molar-refractivity contribution in [2.45, 2.75) is 18.1 Å². The van der Waals surface area contributed by atoms with E-state index in [2.05, 4.69) is 10.2 Å². The van der Waals surface area contributed by atoms with Crippen molar-refractivity contribution in [1.82, 2.24) is 10.2 Å². The highest BCUT2D eigenvalue weighted by atomic mass is 32.2. The Balaban J connectivity index is 1.57. The average Bonchev–Trinajstić information content (AvgIpc) is 3.18. The SMILES string of the molecule is COc1ccc(-c2nnc(C(C)OC(=O)CSc3cccc[n+]3[O-])o2)cc1. The van der Waals surface area contributed by atoms with E-state index in [0.29, 0.717) is 15.6 Å². The topological polar surface area (TPSA) is 101 Å². The molecule has 1 unspecified atom stereocenters. The molecule has 0 fully saturated rings. The predicted octanol–water partition coefficient (Wildman–Crippen LogP) is 2.78. The third kappa shape index (κ3) is 4.76. The van der Waals surface area contributed by atoms with Crippen molar-refractivity contribution in [3.05, 3.63) is 59.8 Å². The molecule has 9 heteroatoms. The minimum absolute atomic E-state index is 0.00390. The Hall–Kier alpha value is -3.07. The predicted molar refractivity (Wildman–Crippen MR) is 96.9 cm³/mol. The molecule has 27 heavy (non-hydrogen) atoms. The molecule has 0 saturated carbocycles. The summed E-state index contributed by atoms with van der Waals surface area (Å²) >= 11 is 1.10. The molecule has 3 rings (SSSR count). The van der Waals surface area contributed by atoms with Crippen LogP contribution in [-0.2, 0) is 9.53 Å². The van der Waals surface area contributed by atoms with E-state index in [1.54, 1.807) is 56.5 Å². The summed E-state index contributed by atoms with van der Waals surface area (Å²) in [6.45, 7) is 1.64. The molecule has 0 bridgehead atoms. The van der Waals surface area contributed by atoms with Gasteiger partial charge >= 0.3 is 5.97 Å². The summed E-state index contributed by atoms with van der Waals surface area (Å²) in [5.41, 5.74) is 0.729. The molecule has 0 N–H and O–H groups in total. The third-order valence-corrected chi connectivity index (χ3v) is 4.55. The van der Waals surface area contributed by atoms with Crippen molar-refractivity contribution in [1.29, 1.82) is 0 Å². The van der Waals surface area contributed by atoms with Crippen LogP contribution in [0.4, 0.5) is 0 Å². The van der Waals surface area contributed by atoms with Crippen LogP contribution in [-0.4, -0.2) is 29.0 Å². The number of thioether (sulfide) groups is 1. The Morgan fingerprint density at radius 1 is 1.26 bits per heavy atom. The zero-order valence-corrected chi connectivity index (χ0v) is 15.5. The first-order chi connectivity index (χ1) is 13.1. The number of pyridine rings is 1. The fourth-order valence-corrected chi connectivity index (χ4v) is 2.88. The molecule has 8 nitrogen and oxygen atoms in total. The largest absolute Gasteiger partial charge is 0.618 e. The van der Waals surface area contributed by atoms with Gasteiger partial charge in [0.1, 0.15) is 11.5 Å². The molecule has 1 atom stereocenters. The lowest BCUT2D eigenvalue weighted by Gasteiger charge is -2.09. The molecule has 2 aromatic heterocycles. The quantitative estimate of drug-likeness (QED) is 0.264. The van der Waals surface area contributed by atoms with Crippen molar-refractivity contribution in [3.63, 3.8) is 0 Å². The van der Waals surface area contributed by atoms with Crippen LogP contribution in [0.25, 0.3) is 11.5 Å². The summed E-state index contributed by atoms with van der Waals surface area (Å²) in [5.74, 6) is 0.742. The van der Waals surface area contributed by atoms with Gasteiger partial charge in [0.15, 0.2) is 12.3 Å². The molecule has 0 aliphatic carbocycles. The number of nitrogens with zero attached hydrogens (tertiary/aromatic N) is 3. The Labute approximate surface area is 159 Å². The Morgan fingerprint density at radius 2 is 2.04 bits per heavy atom. The molecular weight excluding hydrogens is 370 g/mol. The van der Waals surface area contributed by atoms with Gasteiger partial charge in [-0.05, 0) is 49.0 Å². The molecule has 3 aromatic rings. The van der Waals surface area contributed by atoms with E-state index in [1.165, 1.54) is 6.20 Å². The maximum absolute atomic E-state index is 12.0. The van der Waals surface area contributed by atoms with E-state index in [0.717, 1.165) is 23.1 Å². The maximum atomic E-state index is 12.0. The summed E-state index contributed by atoms with van der Waals surface area (Å²) < 4.78 is 16.7. The van der Waals surface area contributed by atoms with E-state index in [4.69, 9.17) is 13.9 Å². The number of carbonyl (C=O) groups excluding carboxylic acids is 1. The number of carbonyl (C=O) groups is 1. The monoisotopic (exact) mass is 387 g/mol. The van der Waals surface area contributed by atoms with Gasteiger partial charge in [0, 0.05) is 17.7 Å². The van der Waals surface area contributed by atoms with Gasteiger partial charge in [-0.15, -0.1) is 10.2 Å². The van der Waals surface area contributed by atoms with Gasteiger partial charge in [-0.2, -0.15) is 4.73 Å². The smallest absolute Gasteiger partial charge is 0.317 e. The van der Waals surface area contributed by atoms with Crippen molar-refractivity contribution < 1.29 is 23.4 Å². The van der Waals surface area contributed by atoms with Crippen LogP contribution in [0.5, 0.6) is 5.75 Å². The number of rotatable bonds is 7. The molecule has 0 radical (unpaired) electrons. The standard InChI is InChI=1S/C18H17N3O5S/c1-12(25-16(22)11-27-15-5-3-4-10-21(15)23)17-19-20-18(26-17)13-6-8-14(24-2)9-7-13/h3-10,12H,11H2,1-2H3. The van der Waals surface area contributed by atoms with Gasteiger partial charge in [-0.1, -0.05) is 0 Å². The lowest BCUT2D eigenvalue weighted by Crippen LogP contribution is -2.28. The van der Waals surface area contributed by atoms with Crippen LogP contribution >= 0.6 is 11.8 Å². The van der Waals surface area contributed by atoms with E-state index < -0.39 is 12.1 Å². The molecule has 0 saturated heterocycles. The van der Waals surface area contributed by atoms with Crippen LogP contribution in [0.2, 0.25) is 0 Å². The minimum atomic E-state index is -0.701. The molecule has 0 aliphatic heterocycles. The second kappa shape index (κ2) is 8.54. The van der Waals surface area contributed by atoms with E-state index in [9.17, 15) is 10.0 Å². The number of benzene rings is 1. The summed E-state index contributed by atoms with van der Waals surface area (Å²) in [7, 11) is 1.59. The second-order valence-corrected chi connectivity index (χ2v) is 6.46. The highest BCUT2D eigenvalue weighted by Gasteiger charge is 2.20. The van der Waals surface area contributed by atoms with Gasteiger partial charge in [-0.3, -0.25) is 4.79 Å². The molecule has 140 valence electrons. The van der Waals surface area contributed by atoms with E-state index in [1.807, 2.05) is 0 Å². The van der Waals surface area contributed by atoms with E-state index in [-0.39, 0.29) is 11.6 Å². The lowest BCUT2D eigenvalue weighted by atomic mass is 10.2. The Kier molecular flexibility index (Phi) is 5.92. The van der Waals surface area contributed by atoms with Crippen molar-refractivity contribution in [2.75, 3.05) is 12.9 Å². The number of hydrogen-bond donors (Lipinski definition) is 0. The Morgan fingerprint density at radius 3 is 2.74 bits per heavy atom. The summed E-state index contributed by atoms with van der Waals surface area (Å²) in [6.07, 6.45) is 0.669. The molecule has 1 aromatic carbocycles. The number of esters is 1. The minimum Gasteiger partial charge on any atom is -0.618 e. The summed E-state index contributed by atoms with van der Waals surface area (Å²) in [6, 6.07) is 12.1. The van der Waals surface area contributed by atoms with Crippen molar-refractivity contribution in [3.8, 4) is 17.2 Å². The normalized spacial score (nSPS) is 11.8. The summed E-state index contributed by atoms with van der Waals surface area (Å²) in [4.78, 5) is 12.0. The first kappa shape index (κ1) is 18.7. The van der Waals surface area contributed by atoms with Crippen LogP contribution < -0.4 is 9.47 Å². The first-order valence-electron chi connectivity index (χ1n) is 8.05. The first-order valence-corrected chi connectivity index (χ1v) is 9.03. The van der Waals surface area contributed by atoms with Gasteiger partial charge in [-0.25, -0.2) is 0 Å². The molecule has 0 spiro atoms. The van der Waals surface area contributed by atoms with Crippen molar-refractivity contribution in [2.24, 2.45) is 0 Å². The molecule has 2 heterocycles. The second-order valence-electron chi connectivity index (χ2n) is 5.46. The highest BCUT2D eigenvalue weighted by Crippen LogP contribution is 2.24. The number of hydrogen-bond acceptors (Lipinski definition) is 8. The van der Waals surface area contributed by atoms with Crippen LogP contribution in [0, 0.1) is 5.21 Å². The van der Waals surface area contributed by atoms with Gasteiger partial charge < -0.3 is 19.1 Å². The van der Waals surface area contributed by atoms with Crippen LogP contribution in [0.15, 0.2) is 58.1 Å². The van der Waals surface area contributed by atoms with Gasteiger partial charge in [0.2, 0.25) is 5.89 Å². The molecule has 0 amide bonds. The zero-order chi connectivity index (χ0) is 19.2. The number of ether oxygens (including phenoxy) is 2. The van der Waals surface area contributed by atoms with Gasteiger partial charge in [0.05, 0.1) is 7.11 Å². The number of aromatic nitrogens is 3. The van der Waals surface area contributed by atoms with Gasteiger partial charge in [0.25, 0.3) is 10.9 Å². The maximum Gasteiger partial charge on any atom is 0.317 e. The molecular formula is C18H17N3O5S. The highest BCUT2D eigenvalue weighted by molar-refractivity contribution is 7.99. The zero-order valence-electron chi connectivity index (χ0n) is 14.7. The van der Waals surface area contributed by atoms with E-state index >= 15 is 0 Å². The lowest BCUT2D eigenvalue weighted by molar-refractivity contribution is -0.645.